The molecule has 0 aromatic carbocycles. The van der Waals surface area contributed by atoms with Crippen LogP contribution in [0.5, 0.6) is 0 Å². The molecule has 1 aromatic heterocycles. The Balaban J connectivity index is 1.56. The highest BCUT2D eigenvalue weighted by Gasteiger charge is 2.33. The van der Waals surface area contributed by atoms with Crippen molar-refractivity contribution in [3.8, 4) is 0 Å². The Morgan fingerprint density at radius 3 is 2.52 bits per heavy atom. The molecule has 1 atom stereocenters. The molecule has 1 amide bonds. The third kappa shape index (κ3) is 4.51. The van der Waals surface area contributed by atoms with Gasteiger partial charge >= 0.3 is 0 Å². The minimum absolute atomic E-state index is 0.377. The summed E-state index contributed by atoms with van der Waals surface area (Å²) < 4.78 is 0. The largest absolute Gasteiger partial charge is 0.365 e. The number of likely N-dealkylation sites (tertiary alicyclic amines) is 1. The Hall–Kier alpha value is -1.62. The zero-order valence-corrected chi connectivity index (χ0v) is 15.9. The van der Waals surface area contributed by atoms with Gasteiger partial charge in [-0.3, -0.25) is 4.79 Å². The zero-order valence-electron chi connectivity index (χ0n) is 15.9. The topological polar surface area (TPSA) is 62.5 Å². The molecule has 2 aliphatic heterocycles. The number of nitrogens with zero attached hydrogens (tertiary/aromatic N) is 3. The average molecular weight is 345 g/mol. The Labute approximate surface area is 151 Å². The van der Waals surface area contributed by atoms with Crippen molar-refractivity contribution in [1.29, 1.82) is 0 Å². The molecule has 0 spiro atoms. The lowest BCUT2D eigenvalue weighted by Crippen LogP contribution is -2.38. The molecule has 0 bridgehead atoms. The van der Waals surface area contributed by atoms with Crippen molar-refractivity contribution in [3.63, 3.8) is 0 Å². The molecule has 2 fully saturated rings. The molecule has 3 heterocycles. The molecular weight excluding hydrogens is 312 g/mol. The van der Waals surface area contributed by atoms with Crippen LogP contribution in [0.4, 0.5) is 5.82 Å². The monoisotopic (exact) mass is 344 g/mol. The van der Waals surface area contributed by atoms with E-state index in [2.05, 4.69) is 35.6 Å². The number of amides is 1. The van der Waals surface area contributed by atoms with Gasteiger partial charge in [-0.25, -0.2) is 4.98 Å². The zero-order chi connectivity index (χ0) is 18.0. The van der Waals surface area contributed by atoms with E-state index in [1.54, 1.807) is 18.3 Å². The van der Waals surface area contributed by atoms with Crippen LogP contribution in [0.3, 0.4) is 0 Å². The SMILES string of the molecule is CC(C)(C)CN1CC[C@H](C2CCN(c3ncccc3C(N)=O)CC2)C1. The fraction of sp³-hybridized carbons (Fsp3) is 0.700. The first-order valence-electron chi connectivity index (χ1n) is 9.55. The molecule has 3 rings (SSSR count). The number of rotatable bonds is 4. The molecule has 0 unspecified atom stereocenters. The Morgan fingerprint density at radius 2 is 1.88 bits per heavy atom. The molecule has 2 saturated heterocycles. The summed E-state index contributed by atoms with van der Waals surface area (Å²) in [5.74, 6) is 1.99. The smallest absolute Gasteiger partial charge is 0.252 e. The maximum atomic E-state index is 11.6. The van der Waals surface area contributed by atoms with Crippen molar-refractivity contribution in [2.24, 2.45) is 23.0 Å². The van der Waals surface area contributed by atoms with Crippen LogP contribution in [0, 0.1) is 17.3 Å². The van der Waals surface area contributed by atoms with Crippen LogP contribution in [-0.4, -0.2) is 48.5 Å². The highest BCUT2D eigenvalue weighted by molar-refractivity contribution is 5.97. The van der Waals surface area contributed by atoms with Crippen molar-refractivity contribution in [2.45, 2.75) is 40.0 Å². The first-order valence-corrected chi connectivity index (χ1v) is 9.55. The second-order valence-corrected chi connectivity index (χ2v) is 8.91. The summed E-state index contributed by atoms with van der Waals surface area (Å²) in [6.07, 6.45) is 5.44. The molecule has 138 valence electrons. The van der Waals surface area contributed by atoms with E-state index in [1.807, 2.05) is 0 Å². The number of carbonyl (C=O) groups is 1. The van der Waals surface area contributed by atoms with E-state index in [-0.39, 0.29) is 5.91 Å². The molecular formula is C20H32N4O. The number of carbonyl (C=O) groups excluding carboxylic acids is 1. The second kappa shape index (κ2) is 7.32. The van der Waals surface area contributed by atoms with Crippen LogP contribution in [0.15, 0.2) is 18.3 Å². The normalized spacial score (nSPS) is 23.2. The third-order valence-corrected chi connectivity index (χ3v) is 5.56. The van der Waals surface area contributed by atoms with Gasteiger partial charge in [0, 0.05) is 32.4 Å². The van der Waals surface area contributed by atoms with Crippen molar-refractivity contribution in [2.75, 3.05) is 37.6 Å². The van der Waals surface area contributed by atoms with Crippen LogP contribution in [0.2, 0.25) is 0 Å². The number of anilines is 1. The van der Waals surface area contributed by atoms with Gasteiger partial charge in [-0.2, -0.15) is 0 Å². The number of nitrogens with two attached hydrogens (primary N) is 1. The fourth-order valence-corrected chi connectivity index (χ4v) is 4.49. The molecule has 5 heteroatoms. The van der Waals surface area contributed by atoms with Gasteiger partial charge in [0.15, 0.2) is 0 Å². The van der Waals surface area contributed by atoms with Gasteiger partial charge in [-0.1, -0.05) is 20.8 Å². The van der Waals surface area contributed by atoms with Gasteiger partial charge in [0.2, 0.25) is 0 Å². The van der Waals surface area contributed by atoms with Crippen LogP contribution in [0.25, 0.3) is 0 Å². The van der Waals surface area contributed by atoms with Crippen molar-refractivity contribution in [3.05, 3.63) is 23.9 Å². The van der Waals surface area contributed by atoms with E-state index in [1.165, 1.54) is 38.9 Å². The molecule has 0 radical (unpaired) electrons. The highest BCUT2D eigenvalue weighted by Crippen LogP contribution is 2.34. The highest BCUT2D eigenvalue weighted by atomic mass is 16.1. The number of hydrogen-bond acceptors (Lipinski definition) is 4. The predicted octanol–water partition coefficient (Wildman–Crippen LogP) is 2.76. The summed E-state index contributed by atoms with van der Waals surface area (Å²) in [6, 6.07) is 3.55. The number of hydrogen-bond donors (Lipinski definition) is 1. The predicted molar refractivity (Wildman–Crippen MR) is 102 cm³/mol. The third-order valence-electron chi connectivity index (χ3n) is 5.56. The van der Waals surface area contributed by atoms with Gasteiger partial charge in [0.1, 0.15) is 5.82 Å². The molecule has 0 aliphatic carbocycles. The summed E-state index contributed by atoms with van der Waals surface area (Å²) in [7, 11) is 0. The molecule has 5 nitrogen and oxygen atoms in total. The molecule has 0 saturated carbocycles. The van der Waals surface area contributed by atoms with Crippen LogP contribution >= 0.6 is 0 Å². The Kier molecular flexibility index (Phi) is 5.32. The van der Waals surface area contributed by atoms with Crippen LogP contribution in [0.1, 0.15) is 50.4 Å². The van der Waals surface area contributed by atoms with Crippen molar-refractivity contribution in [1.82, 2.24) is 9.88 Å². The Morgan fingerprint density at radius 1 is 1.20 bits per heavy atom. The van der Waals surface area contributed by atoms with Crippen LogP contribution < -0.4 is 10.6 Å². The van der Waals surface area contributed by atoms with E-state index >= 15 is 0 Å². The lowest BCUT2D eigenvalue weighted by Gasteiger charge is -2.36. The van der Waals surface area contributed by atoms with Gasteiger partial charge in [-0.05, 0) is 55.2 Å². The van der Waals surface area contributed by atoms with Gasteiger partial charge in [0.05, 0.1) is 5.56 Å². The van der Waals surface area contributed by atoms with E-state index in [4.69, 9.17) is 5.73 Å². The molecule has 1 aromatic rings. The lowest BCUT2D eigenvalue weighted by molar-refractivity contribution is 0.1000. The number of primary amides is 1. The van der Waals surface area contributed by atoms with E-state index < -0.39 is 0 Å². The second-order valence-electron chi connectivity index (χ2n) is 8.91. The number of pyridine rings is 1. The standard InChI is InChI=1S/C20H32N4O/c1-20(2,3)14-23-10-6-16(13-23)15-7-11-24(12-8-15)19-17(18(21)25)5-4-9-22-19/h4-5,9,15-16H,6-8,10-14H2,1-3H3,(H2,21,25)/t16-/m0/s1. The van der Waals surface area contributed by atoms with E-state index in [0.29, 0.717) is 11.0 Å². The van der Waals surface area contributed by atoms with Gasteiger partial charge in [0.25, 0.3) is 5.91 Å². The van der Waals surface area contributed by atoms with Gasteiger partial charge in [-0.15, -0.1) is 0 Å². The number of aromatic nitrogens is 1. The summed E-state index contributed by atoms with van der Waals surface area (Å²) in [5, 5.41) is 0. The van der Waals surface area contributed by atoms with Crippen molar-refractivity contribution < 1.29 is 4.79 Å². The maximum Gasteiger partial charge on any atom is 0.252 e. The first-order chi connectivity index (χ1) is 11.8. The van der Waals surface area contributed by atoms with E-state index in [0.717, 1.165) is 30.7 Å². The van der Waals surface area contributed by atoms with Crippen molar-refractivity contribution >= 4 is 11.7 Å². The summed E-state index contributed by atoms with van der Waals surface area (Å²) >= 11 is 0. The fourth-order valence-electron chi connectivity index (χ4n) is 4.49. The lowest BCUT2D eigenvalue weighted by atomic mass is 9.83. The first kappa shape index (κ1) is 18.2. The molecule has 2 aliphatic rings. The molecule has 2 N–H and O–H groups in total. The molecule has 25 heavy (non-hydrogen) atoms. The summed E-state index contributed by atoms with van der Waals surface area (Å²) in [5.41, 5.74) is 6.42. The number of piperidine rings is 1. The maximum absolute atomic E-state index is 11.6. The minimum atomic E-state index is -0.390. The summed E-state index contributed by atoms with van der Waals surface area (Å²) in [4.78, 5) is 20.9. The van der Waals surface area contributed by atoms with Crippen LogP contribution in [-0.2, 0) is 0 Å². The average Bonchev–Trinajstić information content (AvgIpc) is 3.01. The Bertz CT molecular complexity index is 602. The minimum Gasteiger partial charge on any atom is -0.365 e. The van der Waals surface area contributed by atoms with E-state index in [9.17, 15) is 4.79 Å². The van der Waals surface area contributed by atoms with Gasteiger partial charge < -0.3 is 15.5 Å². The quantitative estimate of drug-likeness (QED) is 0.912. The summed E-state index contributed by atoms with van der Waals surface area (Å²) in [6.45, 7) is 12.6.